The zero-order valence-electron chi connectivity index (χ0n) is 6.65. The second-order valence-corrected chi connectivity index (χ2v) is 2.44. The van der Waals surface area contributed by atoms with Gasteiger partial charge in [0.1, 0.15) is 0 Å². The Hall–Kier alpha value is -1.36. The third kappa shape index (κ3) is 2.35. The average Bonchev–Trinajstić information content (AvgIpc) is 2.51. The molecule has 12 heavy (non-hydrogen) atoms. The Morgan fingerprint density at radius 3 is 3.17 bits per heavy atom. The van der Waals surface area contributed by atoms with E-state index in [0.717, 1.165) is 0 Å². The standard InChI is InChI=1S/C7H10N2O3/c1-5(10)4-8-7(11)6-2-3-9-12-6/h2-3,5,10H,4H2,1H3,(H,8,11). The molecule has 1 heterocycles. The molecule has 1 unspecified atom stereocenters. The van der Waals surface area contributed by atoms with E-state index < -0.39 is 6.10 Å². The van der Waals surface area contributed by atoms with E-state index >= 15 is 0 Å². The number of nitrogens with one attached hydrogen (secondary N) is 1. The van der Waals surface area contributed by atoms with Crippen LogP contribution in [0.5, 0.6) is 0 Å². The van der Waals surface area contributed by atoms with Crippen LogP contribution < -0.4 is 5.32 Å². The van der Waals surface area contributed by atoms with Gasteiger partial charge in [-0.25, -0.2) is 0 Å². The van der Waals surface area contributed by atoms with Crippen LogP contribution in [0.25, 0.3) is 0 Å². The van der Waals surface area contributed by atoms with Crippen LogP contribution in [-0.4, -0.2) is 28.8 Å². The quantitative estimate of drug-likeness (QED) is 0.657. The number of carbonyl (C=O) groups is 1. The molecular formula is C7H10N2O3. The molecule has 0 saturated carbocycles. The second kappa shape index (κ2) is 3.87. The van der Waals surface area contributed by atoms with Crippen LogP contribution in [0.15, 0.2) is 16.8 Å². The molecule has 0 aliphatic heterocycles. The minimum atomic E-state index is -0.558. The fraction of sp³-hybridized carbons (Fsp3) is 0.429. The van der Waals surface area contributed by atoms with Gasteiger partial charge in [-0.3, -0.25) is 4.79 Å². The highest BCUT2D eigenvalue weighted by Gasteiger charge is 2.08. The Morgan fingerprint density at radius 1 is 1.92 bits per heavy atom. The Labute approximate surface area is 69.4 Å². The van der Waals surface area contributed by atoms with Gasteiger partial charge >= 0.3 is 0 Å². The van der Waals surface area contributed by atoms with Gasteiger partial charge in [0.2, 0.25) is 5.76 Å². The predicted molar refractivity (Wildman–Crippen MR) is 40.5 cm³/mol. The average molecular weight is 170 g/mol. The van der Waals surface area contributed by atoms with Crippen molar-refractivity contribution in [3.05, 3.63) is 18.0 Å². The monoisotopic (exact) mass is 170 g/mol. The van der Waals surface area contributed by atoms with Crippen molar-refractivity contribution in [3.8, 4) is 0 Å². The SMILES string of the molecule is CC(O)CNC(=O)c1ccno1. The molecule has 0 fully saturated rings. The maximum absolute atomic E-state index is 11.1. The molecule has 0 bridgehead atoms. The molecule has 1 aromatic rings. The maximum atomic E-state index is 11.1. The Kier molecular flexibility index (Phi) is 2.82. The number of aromatic nitrogens is 1. The van der Waals surface area contributed by atoms with E-state index in [1.54, 1.807) is 6.92 Å². The van der Waals surface area contributed by atoms with Crippen LogP contribution in [0, 0.1) is 0 Å². The number of carbonyl (C=O) groups excluding carboxylic acids is 1. The van der Waals surface area contributed by atoms with E-state index in [1.165, 1.54) is 12.3 Å². The van der Waals surface area contributed by atoms with Crippen LogP contribution in [0.4, 0.5) is 0 Å². The Bertz CT molecular complexity index is 243. The van der Waals surface area contributed by atoms with Gasteiger partial charge in [-0.05, 0) is 6.92 Å². The molecule has 1 atom stereocenters. The van der Waals surface area contributed by atoms with Crippen molar-refractivity contribution >= 4 is 5.91 Å². The lowest BCUT2D eigenvalue weighted by Gasteiger charge is -2.03. The normalized spacial score (nSPS) is 12.5. The topological polar surface area (TPSA) is 75.4 Å². The first kappa shape index (κ1) is 8.73. The van der Waals surface area contributed by atoms with Crippen molar-refractivity contribution in [2.24, 2.45) is 0 Å². The zero-order valence-corrected chi connectivity index (χ0v) is 6.65. The molecule has 0 spiro atoms. The van der Waals surface area contributed by atoms with E-state index in [0.29, 0.717) is 0 Å². The second-order valence-electron chi connectivity index (χ2n) is 2.44. The van der Waals surface area contributed by atoms with Crippen LogP contribution in [0.3, 0.4) is 0 Å². The lowest BCUT2D eigenvalue weighted by atomic mass is 10.4. The molecule has 1 amide bonds. The summed E-state index contributed by atoms with van der Waals surface area (Å²) in [5.74, 6) is -0.218. The summed E-state index contributed by atoms with van der Waals surface area (Å²) in [6.07, 6.45) is 0.828. The van der Waals surface area contributed by atoms with E-state index in [1.807, 2.05) is 0 Å². The number of rotatable bonds is 3. The van der Waals surface area contributed by atoms with Crippen molar-refractivity contribution in [2.75, 3.05) is 6.54 Å². The van der Waals surface area contributed by atoms with Gasteiger partial charge in [-0.2, -0.15) is 0 Å². The number of nitrogens with zero attached hydrogens (tertiary/aromatic N) is 1. The largest absolute Gasteiger partial charge is 0.392 e. The molecule has 0 saturated heterocycles. The fourth-order valence-electron chi connectivity index (χ4n) is 0.660. The molecule has 0 aromatic carbocycles. The molecule has 5 heteroatoms. The summed E-state index contributed by atoms with van der Waals surface area (Å²) >= 11 is 0. The third-order valence-electron chi connectivity index (χ3n) is 1.22. The molecule has 1 rings (SSSR count). The first-order valence-corrected chi connectivity index (χ1v) is 3.57. The van der Waals surface area contributed by atoms with Gasteiger partial charge < -0.3 is 14.9 Å². The van der Waals surface area contributed by atoms with E-state index in [2.05, 4.69) is 15.0 Å². The van der Waals surface area contributed by atoms with Gasteiger partial charge in [0, 0.05) is 12.6 Å². The van der Waals surface area contributed by atoms with E-state index in [9.17, 15) is 4.79 Å². The number of hydrogen-bond acceptors (Lipinski definition) is 4. The summed E-state index contributed by atoms with van der Waals surface area (Å²) in [5, 5.41) is 14.7. The summed E-state index contributed by atoms with van der Waals surface area (Å²) in [4.78, 5) is 11.1. The molecule has 0 radical (unpaired) electrons. The number of aliphatic hydroxyl groups excluding tert-OH is 1. The van der Waals surface area contributed by atoms with Crippen LogP contribution in [0.1, 0.15) is 17.5 Å². The van der Waals surface area contributed by atoms with E-state index in [-0.39, 0.29) is 18.2 Å². The summed E-state index contributed by atoms with van der Waals surface area (Å²) in [6.45, 7) is 1.79. The van der Waals surface area contributed by atoms with Crippen LogP contribution in [-0.2, 0) is 0 Å². The third-order valence-corrected chi connectivity index (χ3v) is 1.22. The molecule has 2 N–H and O–H groups in total. The first-order chi connectivity index (χ1) is 5.70. The summed E-state index contributed by atoms with van der Waals surface area (Å²) in [7, 11) is 0. The van der Waals surface area contributed by atoms with Crippen molar-refractivity contribution < 1.29 is 14.4 Å². The van der Waals surface area contributed by atoms with Crippen LogP contribution in [0.2, 0.25) is 0 Å². The lowest BCUT2D eigenvalue weighted by molar-refractivity contribution is 0.0887. The number of hydrogen-bond donors (Lipinski definition) is 2. The number of aliphatic hydroxyl groups is 1. The van der Waals surface area contributed by atoms with Crippen molar-refractivity contribution in [1.29, 1.82) is 0 Å². The minimum absolute atomic E-state index is 0.149. The Balaban J connectivity index is 2.40. The molecule has 66 valence electrons. The number of amides is 1. The molecule has 0 aliphatic carbocycles. The van der Waals surface area contributed by atoms with Gasteiger partial charge in [0.25, 0.3) is 5.91 Å². The van der Waals surface area contributed by atoms with Gasteiger partial charge in [0.15, 0.2) is 0 Å². The highest BCUT2D eigenvalue weighted by molar-refractivity contribution is 5.91. The van der Waals surface area contributed by atoms with Crippen LogP contribution >= 0.6 is 0 Å². The molecule has 1 aromatic heterocycles. The summed E-state index contributed by atoms with van der Waals surface area (Å²) < 4.78 is 4.58. The Morgan fingerprint density at radius 2 is 2.67 bits per heavy atom. The molecule has 0 aliphatic rings. The summed E-state index contributed by atoms with van der Waals surface area (Å²) in [6, 6.07) is 1.46. The highest BCUT2D eigenvalue weighted by atomic mass is 16.5. The van der Waals surface area contributed by atoms with Crippen molar-refractivity contribution in [2.45, 2.75) is 13.0 Å². The smallest absolute Gasteiger partial charge is 0.289 e. The van der Waals surface area contributed by atoms with E-state index in [4.69, 9.17) is 5.11 Å². The molecular weight excluding hydrogens is 160 g/mol. The summed E-state index contributed by atoms with van der Waals surface area (Å²) in [5.41, 5.74) is 0. The van der Waals surface area contributed by atoms with Gasteiger partial charge in [-0.1, -0.05) is 5.16 Å². The first-order valence-electron chi connectivity index (χ1n) is 3.57. The zero-order chi connectivity index (χ0) is 8.97. The molecule has 5 nitrogen and oxygen atoms in total. The maximum Gasteiger partial charge on any atom is 0.289 e. The highest BCUT2D eigenvalue weighted by Crippen LogP contribution is 1.95. The van der Waals surface area contributed by atoms with Crippen molar-refractivity contribution in [1.82, 2.24) is 10.5 Å². The lowest BCUT2D eigenvalue weighted by Crippen LogP contribution is -2.30. The fourth-order valence-corrected chi connectivity index (χ4v) is 0.660. The van der Waals surface area contributed by atoms with Gasteiger partial charge in [0.05, 0.1) is 12.3 Å². The predicted octanol–water partition coefficient (Wildman–Crippen LogP) is -0.215. The minimum Gasteiger partial charge on any atom is -0.392 e. The van der Waals surface area contributed by atoms with Gasteiger partial charge in [-0.15, -0.1) is 0 Å². The van der Waals surface area contributed by atoms with Crippen molar-refractivity contribution in [3.63, 3.8) is 0 Å².